The lowest BCUT2D eigenvalue weighted by Crippen LogP contribution is -2.13. The van der Waals surface area contributed by atoms with Crippen molar-refractivity contribution >= 4 is 5.71 Å². The molecule has 0 bridgehead atoms. The molecular weight excluding hydrogens is 124 g/mol. The molecule has 0 saturated carbocycles. The van der Waals surface area contributed by atoms with Gasteiger partial charge in [-0.15, -0.1) is 0 Å². The van der Waals surface area contributed by atoms with Gasteiger partial charge >= 0.3 is 0 Å². The molecule has 0 amide bonds. The van der Waals surface area contributed by atoms with Crippen molar-refractivity contribution in [3.05, 3.63) is 0 Å². The van der Waals surface area contributed by atoms with Gasteiger partial charge in [0.05, 0.1) is 0 Å². The van der Waals surface area contributed by atoms with Crippen LogP contribution in [0, 0.1) is 0 Å². The molecule has 0 aromatic rings. The summed E-state index contributed by atoms with van der Waals surface area (Å²) in [5.41, 5.74) is 1.18. The predicted molar refractivity (Wildman–Crippen MR) is 46.8 cm³/mol. The molecule has 0 spiro atoms. The molecule has 0 atom stereocenters. The van der Waals surface area contributed by atoms with Crippen LogP contribution in [0.2, 0.25) is 0 Å². The number of hydrogen-bond donors (Lipinski definition) is 0. The van der Waals surface area contributed by atoms with E-state index in [-0.39, 0.29) is 0 Å². The van der Waals surface area contributed by atoms with E-state index in [4.69, 9.17) is 0 Å². The third kappa shape index (κ3) is 7.63. The second-order valence-corrected chi connectivity index (χ2v) is 2.99. The van der Waals surface area contributed by atoms with Crippen LogP contribution in [0.5, 0.6) is 0 Å². The highest BCUT2D eigenvalue weighted by Gasteiger charge is 1.87. The van der Waals surface area contributed by atoms with Gasteiger partial charge in [0.25, 0.3) is 0 Å². The second kappa shape index (κ2) is 5.42. The first-order chi connectivity index (χ1) is 4.63. The Labute approximate surface area is 63.9 Å². The topological polar surface area (TPSA) is 15.6 Å². The van der Waals surface area contributed by atoms with E-state index >= 15 is 0 Å². The highest BCUT2D eigenvalue weighted by molar-refractivity contribution is 5.78. The van der Waals surface area contributed by atoms with Crippen LogP contribution in [0.25, 0.3) is 0 Å². The summed E-state index contributed by atoms with van der Waals surface area (Å²) in [5, 5.41) is 0. The largest absolute Gasteiger partial charge is 0.309 e. The summed E-state index contributed by atoms with van der Waals surface area (Å²) in [6.45, 7) is 6.18. The molecule has 0 rings (SSSR count). The lowest BCUT2D eigenvalue weighted by Gasteiger charge is -2.06. The van der Waals surface area contributed by atoms with Gasteiger partial charge in [-0.1, -0.05) is 0 Å². The number of nitrogens with zero attached hydrogens (tertiary/aromatic N) is 2. The Morgan fingerprint density at radius 1 is 1.30 bits per heavy atom. The Hall–Kier alpha value is -0.370. The van der Waals surface area contributed by atoms with Crippen molar-refractivity contribution in [3.63, 3.8) is 0 Å². The summed E-state index contributed by atoms with van der Waals surface area (Å²) < 4.78 is 0. The van der Waals surface area contributed by atoms with Crippen molar-refractivity contribution in [2.75, 3.05) is 27.2 Å². The van der Waals surface area contributed by atoms with Gasteiger partial charge < -0.3 is 4.90 Å². The molecule has 0 N–H and O–H groups in total. The number of rotatable bonds is 4. The minimum Gasteiger partial charge on any atom is -0.309 e. The smallest absolute Gasteiger partial charge is 0.0400 e. The quantitative estimate of drug-likeness (QED) is 0.428. The Bertz CT molecular complexity index is 102. The van der Waals surface area contributed by atoms with E-state index in [9.17, 15) is 0 Å². The highest BCUT2D eigenvalue weighted by Crippen LogP contribution is 1.85. The molecule has 0 fully saturated rings. The van der Waals surface area contributed by atoms with Crippen LogP contribution in [0.15, 0.2) is 4.99 Å². The summed E-state index contributed by atoms with van der Waals surface area (Å²) in [7, 11) is 4.17. The molecule has 0 radical (unpaired) electrons. The lowest BCUT2D eigenvalue weighted by molar-refractivity contribution is 0.403. The van der Waals surface area contributed by atoms with Crippen molar-refractivity contribution in [1.29, 1.82) is 0 Å². The first-order valence-corrected chi connectivity index (χ1v) is 3.75. The van der Waals surface area contributed by atoms with Crippen molar-refractivity contribution < 1.29 is 0 Å². The SMILES string of the molecule is CC(C)=NCCCN(C)C. The van der Waals surface area contributed by atoms with Crippen LogP contribution >= 0.6 is 0 Å². The summed E-state index contributed by atoms with van der Waals surface area (Å²) >= 11 is 0. The van der Waals surface area contributed by atoms with Gasteiger partial charge in [0.15, 0.2) is 0 Å². The third-order valence-electron chi connectivity index (χ3n) is 1.19. The molecule has 2 nitrogen and oxygen atoms in total. The summed E-state index contributed by atoms with van der Waals surface area (Å²) in [6.07, 6.45) is 1.16. The maximum Gasteiger partial charge on any atom is 0.0400 e. The number of hydrogen-bond acceptors (Lipinski definition) is 2. The minimum absolute atomic E-state index is 0.973. The Kier molecular flexibility index (Phi) is 5.22. The van der Waals surface area contributed by atoms with Gasteiger partial charge in [-0.25, -0.2) is 0 Å². The van der Waals surface area contributed by atoms with Crippen molar-refractivity contribution in [2.24, 2.45) is 4.99 Å². The Morgan fingerprint density at radius 3 is 2.30 bits per heavy atom. The van der Waals surface area contributed by atoms with Gasteiger partial charge in [-0.05, 0) is 40.9 Å². The molecule has 0 heterocycles. The standard InChI is InChI=1S/C8H18N2/c1-8(2)9-6-5-7-10(3)4/h5-7H2,1-4H3. The second-order valence-electron chi connectivity index (χ2n) is 2.99. The van der Waals surface area contributed by atoms with Gasteiger partial charge in [-0.3, -0.25) is 4.99 Å². The Balaban J connectivity index is 3.13. The first kappa shape index (κ1) is 9.63. The molecule has 2 heteroatoms. The molecule has 0 aromatic heterocycles. The zero-order valence-electron chi connectivity index (χ0n) is 7.52. The monoisotopic (exact) mass is 142 g/mol. The molecule has 0 aliphatic rings. The maximum absolute atomic E-state index is 4.29. The first-order valence-electron chi connectivity index (χ1n) is 3.75. The normalized spacial score (nSPS) is 10.1. The molecule has 0 aliphatic carbocycles. The van der Waals surface area contributed by atoms with E-state index < -0.39 is 0 Å². The lowest BCUT2D eigenvalue weighted by atomic mass is 10.4. The highest BCUT2D eigenvalue weighted by atomic mass is 15.0. The van der Waals surface area contributed by atoms with E-state index in [0.29, 0.717) is 0 Å². The number of aliphatic imine (C=N–C) groups is 1. The van der Waals surface area contributed by atoms with E-state index in [2.05, 4.69) is 24.0 Å². The third-order valence-corrected chi connectivity index (χ3v) is 1.19. The average molecular weight is 142 g/mol. The van der Waals surface area contributed by atoms with Crippen molar-refractivity contribution in [1.82, 2.24) is 4.90 Å². The molecule has 0 unspecified atom stereocenters. The van der Waals surface area contributed by atoms with Gasteiger partial charge in [0, 0.05) is 12.3 Å². The van der Waals surface area contributed by atoms with Crippen molar-refractivity contribution in [2.45, 2.75) is 20.3 Å². The van der Waals surface area contributed by atoms with Crippen LogP contribution in [0.1, 0.15) is 20.3 Å². The van der Waals surface area contributed by atoms with Gasteiger partial charge in [-0.2, -0.15) is 0 Å². The zero-order valence-corrected chi connectivity index (χ0v) is 7.52. The molecule has 10 heavy (non-hydrogen) atoms. The summed E-state index contributed by atoms with van der Waals surface area (Å²) in [5.74, 6) is 0. The maximum atomic E-state index is 4.29. The fourth-order valence-electron chi connectivity index (χ4n) is 0.690. The van der Waals surface area contributed by atoms with Crippen LogP contribution in [0.3, 0.4) is 0 Å². The van der Waals surface area contributed by atoms with Gasteiger partial charge in [0.1, 0.15) is 0 Å². The van der Waals surface area contributed by atoms with Crippen LogP contribution in [-0.4, -0.2) is 37.8 Å². The summed E-state index contributed by atoms with van der Waals surface area (Å²) in [6, 6.07) is 0. The fraction of sp³-hybridized carbons (Fsp3) is 0.875. The zero-order chi connectivity index (χ0) is 7.98. The predicted octanol–water partition coefficient (Wildman–Crippen LogP) is 1.42. The van der Waals surface area contributed by atoms with Crippen LogP contribution in [0.4, 0.5) is 0 Å². The molecule has 60 valence electrons. The van der Waals surface area contributed by atoms with Crippen LogP contribution in [-0.2, 0) is 0 Å². The van der Waals surface area contributed by atoms with E-state index in [1.165, 1.54) is 5.71 Å². The minimum atomic E-state index is 0.973. The molecule has 0 saturated heterocycles. The summed E-state index contributed by atoms with van der Waals surface area (Å²) in [4.78, 5) is 6.47. The molecular formula is C8H18N2. The van der Waals surface area contributed by atoms with E-state index in [0.717, 1.165) is 19.5 Å². The molecule has 0 aliphatic heterocycles. The van der Waals surface area contributed by atoms with Gasteiger partial charge in [0.2, 0.25) is 0 Å². The Morgan fingerprint density at radius 2 is 1.90 bits per heavy atom. The van der Waals surface area contributed by atoms with Crippen molar-refractivity contribution in [3.8, 4) is 0 Å². The van der Waals surface area contributed by atoms with E-state index in [1.54, 1.807) is 0 Å². The van der Waals surface area contributed by atoms with E-state index in [1.807, 2.05) is 13.8 Å². The average Bonchev–Trinajstić information content (AvgIpc) is 1.79. The molecule has 0 aromatic carbocycles. The fourth-order valence-corrected chi connectivity index (χ4v) is 0.690. The van der Waals surface area contributed by atoms with Crippen LogP contribution < -0.4 is 0 Å².